The molecule has 0 spiro atoms. The standard InChI is InChI=1S/C8H11N3O/c1-6-7(9-2)8-11(10-6)4-3-5-12-8/h2-5H2,1H3. The fraction of sp³-hybridized carbons (Fsp3) is 0.500. The number of ether oxygens (including phenoxy) is 1. The van der Waals surface area contributed by atoms with Crippen LogP contribution < -0.4 is 4.74 Å². The molecule has 1 aliphatic rings. The van der Waals surface area contributed by atoms with Crippen LogP contribution in [-0.4, -0.2) is 23.1 Å². The Balaban J connectivity index is 2.53. The first-order valence-corrected chi connectivity index (χ1v) is 4.00. The summed E-state index contributed by atoms with van der Waals surface area (Å²) in [5.74, 6) is 0.772. The summed E-state index contributed by atoms with van der Waals surface area (Å²) in [5.41, 5.74) is 1.68. The number of fused-ring (bicyclic) bond motifs is 1. The van der Waals surface area contributed by atoms with E-state index in [0.717, 1.165) is 36.8 Å². The smallest absolute Gasteiger partial charge is 0.238 e. The van der Waals surface area contributed by atoms with Crippen LogP contribution in [0, 0.1) is 6.92 Å². The fourth-order valence-electron chi connectivity index (χ4n) is 1.41. The zero-order chi connectivity index (χ0) is 8.55. The Labute approximate surface area is 70.9 Å². The van der Waals surface area contributed by atoms with Gasteiger partial charge in [-0.1, -0.05) is 0 Å². The minimum absolute atomic E-state index is 0.758. The highest BCUT2D eigenvalue weighted by Gasteiger charge is 2.18. The molecule has 1 aromatic rings. The fourth-order valence-corrected chi connectivity index (χ4v) is 1.41. The minimum Gasteiger partial charge on any atom is -0.476 e. The topological polar surface area (TPSA) is 39.4 Å². The molecule has 4 nitrogen and oxygen atoms in total. The monoisotopic (exact) mass is 165 g/mol. The highest BCUT2D eigenvalue weighted by molar-refractivity contribution is 5.56. The van der Waals surface area contributed by atoms with Crippen LogP contribution in [0.4, 0.5) is 5.69 Å². The lowest BCUT2D eigenvalue weighted by Crippen LogP contribution is -2.14. The summed E-state index contributed by atoms with van der Waals surface area (Å²) in [6.45, 7) is 7.08. The van der Waals surface area contributed by atoms with E-state index >= 15 is 0 Å². The number of nitrogens with zero attached hydrogens (tertiary/aromatic N) is 3. The molecule has 4 heteroatoms. The van der Waals surface area contributed by atoms with Gasteiger partial charge in [0.1, 0.15) is 5.69 Å². The summed E-state index contributed by atoms with van der Waals surface area (Å²) in [6.07, 6.45) is 1.02. The van der Waals surface area contributed by atoms with Gasteiger partial charge in [0, 0.05) is 13.0 Å². The van der Waals surface area contributed by atoms with Crippen molar-refractivity contribution >= 4 is 12.4 Å². The third-order valence-electron chi connectivity index (χ3n) is 1.96. The first kappa shape index (κ1) is 7.34. The van der Waals surface area contributed by atoms with Gasteiger partial charge in [0.15, 0.2) is 0 Å². The minimum atomic E-state index is 0.758. The van der Waals surface area contributed by atoms with Crippen molar-refractivity contribution in [1.82, 2.24) is 9.78 Å². The number of rotatable bonds is 1. The third kappa shape index (κ3) is 0.913. The zero-order valence-electron chi connectivity index (χ0n) is 7.08. The van der Waals surface area contributed by atoms with Crippen LogP contribution in [0.2, 0.25) is 0 Å². The summed E-state index contributed by atoms with van der Waals surface area (Å²) in [5, 5.41) is 4.28. The van der Waals surface area contributed by atoms with Crippen LogP contribution in [0.3, 0.4) is 0 Å². The number of hydrogen-bond donors (Lipinski definition) is 0. The van der Waals surface area contributed by atoms with Crippen molar-refractivity contribution in [3.05, 3.63) is 5.69 Å². The molecule has 0 atom stereocenters. The molecule has 1 aliphatic heterocycles. The van der Waals surface area contributed by atoms with Crippen molar-refractivity contribution in [3.8, 4) is 5.88 Å². The lowest BCUT2D eigenvalue weighted by Gasteiger charge is -2.14. The second kappa shape index (κ2) is 2.62. The molecule has 64 valence electrons. The Hall–Kier alpha value is -1.32. The van der Waals surface area contributed by atoms with Crippen LogP contribution in [0.25, 0.3) is 0 Å². The van der Waals surface area contributed by atoms with Crippen LogP contribution in [0.15, 0.2) is 4.99 Å². The molecular weight excluding hydrogens is 154 g/mol. The largest absolute Gasteiger partial charge is 0.476 e. The van der Waals surface area contributed by atoms with Crippen molar-refractivity contribution in [2.45, 2.75) is 19.9 Å². The van der Waals surface area contributed by atoms with E-state index in [1.165, 1.54) is 0 Å². The van der Waals surface area contributed by atoms with Gasteiger partial charge >= 0.3 is 0 Å². The molecule has 0 fully saturated rings. The molecule has 12 heavy (non-hydrogen) atoms. The number of aromatic nitrogens is 2. The van der Waals surface area contributed by atoms with Crippen LogP contribution in [0.5, 0.6) is 5.88 Å². The predicted octanol–water partition coefficient (Wildman–Crippen LogP) is 1.31. The quantitative estimate of drug-likeness (QED) is 0.588. The van der Waals surface area contributed by atoms with Gasteiger partial charge in [0.2, 0.25) is 5.88 Å². The summed E-state index contributed by atoms with van der Waals surface area (Å²) >= 11 is 0. The SMILES string of the molecule is C=Nc1c(C)nn2c1OCCC2. The van der Waals surface area contributed by atoms with Crippen molar-refractivity contribution in [2.75, 3.05) is 6.61 Å². The first-order valence-electron chi connectivity index (χ1n) is 4.00. The third-order valence-corrected chi connectivity index (χ3v) is 1.96. The summed E-state index contributed by atoms with van der Waals surface area (Å²) < 4.78 is 7.28. The van der Waals surface area contributed by atoms with E-state index in [0.29, 0.717) is 0 Å². The highest BCUT2D eigenvalue weighted by Crippen LogP contribution is 2.32. The van der Waals surface area contributed by atoms with E-state index in [9.17, 15) is 0 Å². The molecular formula is C8H11N3O. The molecule has 0 amide bonds. The van der Waals surface area contributed by atoms with Gasteiger partial charge in [-0.2, -0.15) is 5.10 Å². The Kier molecular flexibility index (Phi) is 1.60. The van der Waals surface area contributed by atoms with Crippen LogP contribution >= 0.6 is 0 Å². The maximum absolute atomic E-state index is 5.43. The molecule has 1 aromatic heterocycles. The van der Waals surface area contributed by atoms with Gasteiger partial charge in [0.05, 0.1) is 12.3 Å². The molecule has 2 rings (SSSR count). The van der Waals surface area contributed by atoms with Crippen molar-refractivity contribution in [2.24, 2.45) is 4.99 Å². The summed E-state index contributed by atoms with van der Waals surface area (Å²) in [4.78, 5) is 3.89. The summed E-state index contributed by atoms with van der Waals surface area (Å²) in [7, 11) is 0. The number of aliphatic imine (C=N–C) groups is 1. The van der Waals surface area contributed by atoms with Gasteiger partial charge in [-0.05, 0) is 13.6 Å². The maximum atomic E-state index is 5.43. The van der Waals surface area contributed by atoms with E-state index in [2.05, 4.69) is 16.8 Å². The van der Waals surface area contributed by atoms with Crippen molar-refractivity contribution < 1.29 is 4.74 Å². The molecule has 2 heterocycles. The van der Waals surface area contributed by atoms with Crippen LogP contribution in [0.1, 0.15) is 12.1 Å². The van der Waals surface area contributed by atoms with Crippen LogP contribution in [-0.2, 0) is 6.54 Å². The van der Waals surface area contributed by atoms with Gasteiger partial charge in [0.25, 0.3) is 0 Å². The van der Waals surface area contributed by atoms with Gasteiger partial charge in [-0.15, -0.1) is 0 Å². The van der Waals surface area contributed by atoms with Crippen molar-refractivity contribution in [1.29, 1.82) is 0 Å². The Morgan fingerprint density at radius 3 is 3.25 bits per heavy atom. The first-order chi connectivity index (χ1) is 5.83. The normalized spacial score (nSPS) is 15.1. The highest BCUT2D eigenvalue weighted by atomic mass is 16.5. The van der Waals surface area contributed by atoms with Crippen molar-refractivity contribution in [3.63, 3.8) is 0 Å². The second-order valence-electron chi connectivity index (χ2n) is 2.82. The average Bonchev–Trinajstić information content (AvgIpc) is 2.40. The number of hydrogen-bond acceptors (Lipinski definition) is 3. The molecule has 0 unspecified atom stereocenters. The second-order valence-corrected chi connectivity index (χ2v) is 2.82. The lowest BCUT2D eigenvalue weighted by molar-refractivity contribution is 0.231. The Morgan fingerprint density at radius 1 is 1.67 bits per heavy atom. The molecule has 0 N–H and O–H groups in total. The molecule has 0 saturated carbocycles. The van der Waals surface area contributed by atoms with E-state index < -0.39 is 0 Å². The molecule has 0 radical (unpaired) electrons. The summed E-state index contributed by atoms with van der Waals surface area (Å²) in [6, 6.07) is 0. The molecule has 0 aromatic carbocycles. The molecule has 0 bridgehead atoms. The van der Waals surface area contributed by atoms with E-state index in [1.807, 2.05) is 11.6 Å². The van der Waals surface area contributed by atoms with E-state index in [-0.39, 0.29) is 0 Å². The average molecular weight is 165 g/mol. The zero-order valence-corrected chi connectivity index (χ0v) is 7.08. The maximum Gasteiger partial charge on any atom is 0.238 e. The Morgan fingerprint density at radius 2 is 2.50 bits per heavy atom. The lowest BCUT2D eigenvalue weighted by atomic mass is 10.4. The van der Waals surface area contributed by atoms with Gasteiger partial charge < -0.3 is 4.74 Å². The van der Waals surface area contributed by atoms with E-state index in [1.54, 1.807) is 0 Å². The molecule has 0 aliphatic carbocycles. The molecule has 0 saturated heterocycles. The predicted molar refractivity (Wildman–Crippen MR) is 46.3 cm³/mol. The Bertz CT molecular complexity index is 316. The van der Waals surface area contributed by atoms with E-state index in [4.69, 9.17) is 4.74 Å². The van der Waals surface area contributed by atoms with Gasteiger partial charge in [-0.3, -0.25) is 4.99 Å². The number of aryl methyl sites for hydroxylation is 2. The van der Waals surface area contributed by atoms with Gasteiger partial charge in [-0.25, -0.2) is 4.68 Å².